The van der Waals surface area contributed by atoms with E-state index in [1.54, 1.807) is 0 Å². The second-order valence-corrected chi connectivity index (χ2v) is 6.80. The Balaban J connectivity index is 1.90. The molecule has 2 rings (SSSR count). The van der Waals surface area contributed by atoms with Gasteiger partial charge in [0.05, 0.1) is 5.60 Å². The van der Waals surface area contributed by atoms with Gasteiger partial charge in [-0.2, -0.15) is 0 Å². The van der Waals surface area contributed by atoms with Crippen molar-refractivity contribution in [3.05, 3.63) is 34.3 Å². The molecule has 1 saturated heterocycles. The highest BCUT2D eigenvalue weighted by molar-refractivity contribution is 9.10. The van der Waals surface area contributed by atoms with E-state index >= 15 is 0 Å². The van der Waals surface area contributed by atoms with E-state index in [2.05, 4.69) is 20.8 Å². The summed E-state index contributed by atoms with van der Waals surface area (Å²) in [6.07, 6.45) is 0. The number of rotatable bonds is 3. The van der Waals surface area contributed by atoms with Crippen LogP contribution in [-0.4, -0.2) is 59.1 Å². The molecule has 0 aromatic heterocycles. The number of benzene rings is 1. The Morgan fingerprint density at radius 3 is 2.25 bits per heavy atom. The van der Waals surface area contributed by atoms with E-state index in [-0.39, 0.29) is 5.91 Å². The van der Waals surface area contributed by atoms with E-state index in [0.29, 0.717) is 19.6 Å². The molecule has 0 radical (unpaired) electrons. The van der Waals surface area contributed by atoms with Gasteiger partial charge in [0, 0.05) is 42.8 Å². The van der Waals surface area contributed by atoms with Crippen molar-refractivity contribution in [2.75, 3.05) is 32.7 Å². The molecular weight excluding hydrogens is 320 g/mol. The van der Waals surface area contributed by atoms with Crippen molar-refractivity contribution in [2.24, 2.45) is 0 Å². The summed E-state index contributed by atoms with van der Waals surface area (Å²) in [5, 5.41) is 9.82. The molecule has 1 fully saturated rings. The van der Waals surface area contributed by atoms with Crippen LogP contribution in [0.25, 0.3) is 0 Å². The lowest BCUT2D eigenvalue weighted by atomic mass is 10.1. The van der Waals surface area contributed by atoms with E-state index in [1.807, 2.05) is 43.0 Å². The number of carbonyl (C=O) groups is 1. The summed E-state index contributed by atoms with van der Waals surface area (Å²) in [6.45, 7) is 7.32. The highest BCUT2D eigenvalue weighted by Gasteiger charge is 2.25. The summed E-state index contributed by atoms with van der Waals surface area (Å²) >= 11 is 3.37. The second-order valence-electron chi connectivity index (χ2n) is 5.89. The van der Waals surface area contributed by atoms with E-state index in [1.165, 1.54) is 0 Å². The third-order valence-corrected chi connectivity index (χ3v) is 3.89. The van der Waals surface area contributed by atoms with E-state index in [4.69, 9.17) is 0 Å². The Morgan fingerprint density at radius 2 is 1.75 bits per heavy atom. The van der Waals surface area contributed by atoms with Crippen molar-refractivity contribution in [3.63, 3.8) is 0 Å². The Bertz CT molecular complexity index is 460. The molecule has 1 heterocycles. The number of carbonyl (C=O) groups excluding carboxylic acids is 1. The molecular formula is C15H21BrN2O2. The molecule has 110 valence electrons. The van der Waals surface area contributed by atoms with Gasteiger partial charge in [-0.3, -0.25) is 9.69 Å². The number of aliphatic hydroxyl groups is 1. The predicted octanol–water partition coefficient (Wildman–Crippen LogP) is 1.98. The Hall–Kier alpha value is -0.910. The summed E-state index contributed by atoms with van der Waals surface area (Å²) in [4.78, 5) is 16.4. The van der Waals surface area contributed by atoms with Crippen molar-refractivity contribution < 1.29 is 9.90 Å². The Kier molecular flexibility index (Phi) is 4.83. The summed E-state index contributed by atoms with van der Waals surface area (Å²) in [7, 11) is 0. The zero-order chi connectivity index (χ0) is 14.8. The van der Waals surface area contributed by atoms with Gasteiger partial charge in [0.2, 0.25) is 0 Å². The lowest BCUT2D eigenvalue weighted by molar-refractivity contribution is 0.0178. The van der Waals surface area contributed by atoms with Crippen molar-refractivity contribution in [3.8, 4) is 0 Å². The monoisotopic (exact) mass is 340 g/mol. The average molecular weight is 341 g/mol. The van der Waals surface area contributed by atoms with Crippen LogP contribution in [0.1, 0.15) is 24.2 Å². The molecule has 1 aliphatic rings. The zero-order valence-electron chi connectivity index (χ0n) is 12.0. The molecule has 5 heteroatoms. The van der Waals surface area contributed by atoms with Gasteiger partial charge >= 0.3 is 0 Å². The molecule has 20 heavy (non-hydrogen) atoms. The third-order valence-electron chi connectivity index (χ3n) is 3.36. The van der Waals surface area contributed by atoms with E-state index < -0.39 is 5.60 Å². The molecule has 1 N–H and O–H groups in total. The third kappa shape index (κ3) is 4.30. The largest absolute Gasteiger partial charge is 0.389 e. The Morgan fingerprint density at radius 1 is 1.20 bits per heavy atom. The molecule has 1 aromatic rings. The molecule has 0 spiro atoms. The van der Waals surface area contributed by atoms with Crippen molar-refractivity contribution in [1.29, 1.82) is 0 Å². The van der Waals surface area contributed by atoms with Crippen molar-refractivity contribution in [1.82, 2.24) is 9.80 Å². The minimum atomic E-state index is -0.683. The number of halogens is 1. The molecule has 0 bridgehead atoms. The first-order chi connectivity index (χ1) is 9.35. The second kappa shape index (κ2) is 6.24. The highest BCUT2D eigenvalue weighted by Crippen LogP contribution is 2.14. The fourth-order valence-corrected chi connectivity index (χ4v) is 2.70. The maximum Gasteiger partial charge on any atom is 0.253 e. The van der Waals surface area contributed by atoms with Crippen LogP contribution in [0.3, 0.4) is 0 Å². The molecule has 0 atom stereocenters. The first-order valence-corrected chi connectivity index (χ1v) is 7.64. The van der Waals surface area contributed by atoms with Gasteiger partial charge in [0.25, 0.3) is 5.91 Å². The van der Waals surface area contributed by atoms with Crippen LogP contribution < -0.4 is 0 Å². The van der Waals surface area contributed by atoms with Crippen LogP contribution in [0.15, 0.2) is 28.7 Å². The van der Waals surface area contributed by atoms with E-state index in [0.717, 1.165) is 23.1 Å². The van der Waals surface area contributed by atoms with Gasteiger partial charge in [-0.05, 0) is 38.1 Å². The molecule has 0 unspecified atom stereocenters. The smallest absolute Gasteiger partial charge is 0.253 e. The minimum absolute atomic E-state index is 0.0837. The minimum Gasteiger partial charge on any atom is -0.389 e. The zero-order valence-corrected chi connectivity index (χ0v) is 13.6. The quantitative estimate of drug-likeness (QED) is 0.914. The standard InChI is InChI=1S/C15H21BrN2O2/c1-15(2,20)11-17-7-9-18(10-8-17)14(19)12-3-5-13(16)6-4-12/h3-6,20H,7-11H2,1-2H3. The number of hydrogen-bond acceptors (Lipinski definition) is 3. The van der Waals surface area contributed by atoms with Gasteiger partial charge in [-0.1, -0.05) is 15.9 Å². The van der Waals surface area contributed by atoms with Gasteiger partial charge in [-0.15, -0.1) is 0 Å². The highest BCUT2D eigenvalue weighted by atomic mass is 79.9. The normalized spacial score (nSPS) is 17.3. The maximum absolute atomic E-state index is 12.3. The van der Waals surface area contributed by atoms with Crippen LogP contribution in [0, 0.1) is 0 Å². The van der Waals surface area contributed by atoms with E-state index in [9.17, 15) is 9.90 Å². The fraction of sp³-hybridized carbons (Fsp3) is 0.533. The molecule has 4 nitrogen and oxygen atoms in total. The summed E-state index contributed by atoms with van der Waals surface area (Å²) in [6, 6.07) is 7.46. The number of piperazine rings is 1. The number of hydrogen-bond donors (Lipinski definition) is 1. The van der Waals surface area contributed by atoms with Crippen LogP contribution in [-0.2, 0) is 0 Å². The first-order valence-electron chi connectivity index (χ1n) is 6.85. The van der Waals surface area contributed by atoms with Crippen LogP contribution in [0.4, 0.5) is 0 Å². The Labute approximate surface area is 128 Å². The predicted molar refractivity (Wildman–Crippen MR) is 82.8 cm³/mol. The van der Waals surface area contributed by atoms with Crippen LogP contribution in [0.5, 0.6) is 0 Å². The summed E-state index contributed by atoms with van der Waals surface area (Å²) < 4.78 is 0.976. The fourth-order valence-electron chi connectivity index (χ4n) is 2.43. The van der Waals surface area contributed by atoms with Crippen LogP contribution in [0.2, 0.25) is 0 Å². The number of β-amino-alcohol motifs (C(OH)–C–C–N with tert-alkyl or cyclic N) is 1. The number of nitrogens with zero attached hydrogens (tertiary/aromatic N) is 2. The lowest BCUT2D eigenvalue weighted by Gasteiger charge is -2.37. The van der Waals surface area contributed by atoms with Crippen LogP contribution >= 0.6 is 15.9 Å². The average Bonchev–Trinajstić information content (AvgIpc) is 2.38. The molecule has 1 aliphatic heterocycles. The molecule has 0 aliphatic carbocycles. The SMILES string of the molecule is CC(C)(O)CN1CCN(C(=O)c2ccc(Br)cc2)CC1. The lowest BCUT2D eigenvalue weighted by Crippen LogP contribution is -2.51. The molecule has 0 saturated carbocycles. The van der Waals surface area contributed by atoms with Gasteiger partial charge in [-0.25, -0.2) is 0 Å². The maximum atomic E-state index is 12.3. The molecule has 1 amide bonds. The van der Waals surface area contributed by atoms with Crippen molar-refractivity contribution >= 4 is 21.8 Å². The van der Waals surface area contributed by atoms with Crippen molar-refractivity contribution in [2.45, 2.75) is 19.4 Å². The van der Waals surface area contributed by atoms with Gasteiger partial charge < -0.3 is 10.0 Å². The van der Waals surface area contributed by atoms with Gasteiger partial charge in [0.15, 0.2) is 0 Å². The van der Waals surface area contributed by atoms with Gasteiger partial charge in [0.1, 0.15) is 0 Å². The summed E-state index contributed by atoms with van der Waals surface area (Å²) in [5.74, 6) is 0.0837. The first kappa shape index (κ1) is 15.5. The molecule has 1 aromatic carbocycles. The topological polar surface area (TPSA) is 43.8 Å². The number of amides is 1. The summed E-state index contributed by atoms with van der Waals surface area (Å²) in [5.41, 5.74) is 0.0434.